The molecule has 4 bridgehead atoms. The Morgan fingerprint density at radius 2 is 1.75 bits per heavy atom. The summed E-state index contributed by atoms with van der Waals surface area (Å²) in [6.45, 7) is 7.46. The van der Waals surface area contributed by atoms with Gasteiger partial charge in [-0.05, 0) is 49.1 Å². The van der Waals surface area contributed by atoms with Crippen LogP contribution in [0.5, 0.6) is 0 Å². The van der Waals surface area contributed by atoms with Crippen LogP contribution in [0.2, 0.25) is 0 Å². The van der Waals surface area contributed by atoms with E-state index >= 15 is 0 Å². The smallest absolute Gasteiger partial charge is 0.335 e. The van der Waals surface area contributed by atoms with Gasteiger partial charge in [0.2, 0.25) is 11.8 Å². The molecule has 12 nitrogen and oxygen atoms in total. The number of aromatic nitrogens is 2. The number of aromatic carboxylic acids is 1. The third kappa shape index (κ3) is 8.92. The van der Waals surface area contributed by atoms with E-state index in [1.807, 2.05) is 44.2 Å². The highest BCUT2D eigenvalue weighted by atomic mass is 32.1. The number of carboxylic acids is 1. The maximum absolute atomic E-state index is 13.5. The quantitative estimate of drug-likeness (QED) is 0.227. The van der Waals surface area contributed by atoms with Gasteiger partial charge >= 0.3 is 5.97 Å². The summed E-state index contributed by atoms with van der Waals surface area (Å²) in [5.74, 6) is -1.41. The first-order valence-electron chi connectivity index (χ1n) is 16.0. The van der Waals surface area contributed by atoms with Gasteiger partial charge in [0, 0.05) is 37.9 Å². The molecule has 0 unspecified atom stereocenters. The van der Waals surface area contributed by atoms with Crippen molar-refractivity contribution in [1.82, 2.24) is 30.8 Å². The maximum atomic E-state index is 13.5. The van der Waals surface area contributed by atoms with Crippen LogP contribution in [0.15, 0.2) is 64.4 Å². The molecule has 0 fully saturated rings. The van der Waals surface area contributed by atoms with Crippen LogP contribution >= 0.6 is 11.3 Å². The van der Waals surface area contributed by atoms with Crippen LogP contribution in [-0.2, 0) is 17.8 Å². The fourth-order valence-electron chi connectivity index (χ4n) is 5.51. The normalized spacial score (nSPS) is 18.5. The monoisotopic (exact) mass is 672 g/mol. The summed E-state index contributed by atoms with van der Waals surface area (Å²) in [7, 11) is 0. The highest BCUT2D eigenvalue weighted by molar-refractivity contribution is 7.09. The molecule has 4 N–H and O–H groups in total. The molecule has 2 aromatic carbocycles. The van der Waals surface area contributed by atoms with Crippen molar-refractivity contribution in [1.29, 1.82) is 0 Å². The second-order valence-electron chi connectivity index (χ2n) is 12.2. The van der Waals surface area contributed by atoms with Gasteiger partial charge in [-0.3, -0.25) is 19.3 Å². The Labute approximate surface area is 283 Å². The van der Waals surface area contributed by atoms with Gasteiger partial charge in [-0.1, -0.05) is 56.3 Å². The zero-order valence-corrected chi connectivity index (χ0v) is 28.0. The van der Waals surface area contributed by atoms with Crippen LogP contribution < -0.4 is 16.0 Å². The zero-order chi connectivity index (χ0) is 34.2. The Morgan fingerprint density at radius 1 is 1.00 bits per heavy atom. The number of oxazole rings is 1. The van der Waals surface area contributed by atoms with E-state index in [1.54, 1.807) is 36.6 Å². The minimum Gasteiger partial charge on any atom is -0.478 e. The van der Waals surface area contributed by atoms with Crippen LogP contribution in [-0.4, -0.2) is 63.3 Å². The number of hydrogen-bond donors (Lipinski definition) is 4. The molecule has 1 aliphatic rings. The number of carbonyl (C=O) groups excluding carboxylic acids is 3. The number of rotatable bonds is 6. The summed E-state index contributed by atoms with van der Waals surface area (Å²) in [6.07, 6.45) is 1.16. The second kappa shape index (κ2) is 15.8. The molecule has 4 aromatic rings. The van der Waals surface area contributed by atoms with Crippen molar-refractivity contribution >= 4 is 35.0 Å². The van der Waals surface area contributed by atoms with Crippen molar-refractivity contribution in [3.05, 3.63) is 105 Å². The van der Waals surface area contributed by atoms with Crippen LogP contribution in [0, 0.1) is 12.8 Å². The predicted molar refractivity (Wildman–Crippen MR) is 180 cm³/mol. The number of carbonyl (C=O) groups is 4. The highest BCUT2D eigenvalue weighted by Gasteiger charge is 2.29. The molecule has 0 radical (unpaired) electrons. The highest BCUT2D eigenvalue weighted by Crippen LogP contribution is 2.27. The van der Waals surface area contributed by atoms with Crippen LogP contribution in [0.3, 0.4) is 0 Å². The third-order valence-electron chi connectivity index (χ3n) is 8.12. The van der Waals surface area contributed by atoms with Gasteiger partial charge in [0.1, 0.15) is 22.5 Å². The average Bonchev–Trinajstić information content (AvgIpc) is 3.71. The number of carboxylic acid groups (broad SMARTS) is 1. The molecule has 1 aliphatic heterocycles. The lowest BCUT2D eigenvalue weighted by Crippen LogP contribution is -2.36. The van der Waals surface area contributed by atoms with Gasteiger partial charge in [-0.2, -0.15) is 0 Å². The minimum atomic E-state index is -0.993. The Bertz CT molecular complexity index is 1740. The molecule has 3 amide bonds. The van der Waals surface area contributed by atoms with E-state index in [2.05, 4.69) is 30.8 Å². The first kappa shape index (κ1) is 34.5. The standard InChI is InChI=1S/C35H40N6O6S/c1-21(2)29-34-38-27(20-48-34)31(43)36-15-17-41(19-24-11-13-25(14-12-24)35(45)46)16-7-10-28(42)37-26(18-23-8-5-4-6-9-23)33-40-30(22(3)47-33)32(44)39-29/h4-6,8-9,11-14,20-21,26,29H,7,10,15-19H2,1-3H3,(H,36,43)(H,37,42)(H,39,44)(H,45,46)/t26-,29-/m0/s1. The number of hydrogen-bond acceptors (Lipinski definition) is 9. The SMILES string of the molecule is Cc1oc2nc1C(=O)N[C@@H](C(C)C)c1nc(cs1)C(=O)NCCN(Cc1ccc(C(=O)O)cc1)CCCC(=O)N[C@H]2Cc1ccccc1. The Morgan fingerprint density at radius 3 is 2.46 bits per heavy atom. The van der Waals surface area contributed by atoms with E-state index in [-0.39, 0.29) is 47.0 Å². The molecule has 0 saturated carbocycles. The van der Waals surface area contributed by atoms with Crippen molar-refractivity contribution in [2.24, 2.45) is 5.92 Å². The minimum absolute atomic E-state index is 0.0382. The van der Waals surface area contributed by atoms with Crippen molar-refractivity contribution in [3.8, 4) is 0 Å². The third-order valence-corrected chi connectivity index (χ3v) is 9.04. The van der Waals surface area contributed by atoms with Gasteiger partial charge in [-0.15, -0.1) is 11.3 Å². The number of aryl methyl sites for hydroxylation is 1. The number of thiazole rings is 1. The fourth-order valence-corrected chi connectivity index (χ4v) is 6.53. The first-order valence-corrected chi connectivity index (χ1v) is 16.8. The first-order chi connectivity index (χ1) is 23.1. The Balaban J connectivity index is 1.42. The fraction of sp³-hybridized carbons (Fsp3) is 0.371. The predicted octanol–water partition coefficient (Wildman–Crippen LogP) is 4.69. The van der Waals surface area contributed by atoms with Gasteiger partial charge in [0.05, 0.1) is 11.6 Å². The zero-order valence-electron chi connectivity index (χ0n) is 27.2. The number of fused-ring (bicyclic) bond motifs is 4. The summed E-state index contributed by atoms with van der Waals surface area (Å²) >= 11 is 1.30. The van der Waals surface area contributed by atoms with Crippen LogP contribution in [0.1, 0.15) is 97.9 Å². The molecular formula is C35H40N6O6S. The van der Waals surface area contributed by atoms with Gasteiger partial charge in [0.15, 0.2) is 5.69 Å². The molecule has 2 atom stereocenters. The summed E-state index contributed by atoms with van der Waals surface area (Å²) in [5, 5.41) is 20.6. The van der Waals surface area contributed by atoms with Gasteiger partial charge in [-0.25, -0.2) is 14.8 Å². The number of nitrogens with zero attached hydrogens (tertiary/aromatic N) is 3. The van der Waals surface area contributed by atoms with Crippen LogP contribution in [0.25, 0.3) is 0 Å². The summed E-state index contributed by atoms with van der Waals surface area (Å²) in [6, 6.07) is 15.3. The molecule has 13 heteroatoms. The van der Waals surface area contributed by atoms with Crippen LogP contribution in [0.4, 0.5) is 0 Å². The van der Waals surface area contributed by atoms with Gasteiger partial charge < -0.3 is 25.5 Å². The van der Waals surface area contributed by atoms with Crippen molar-refractivity contribution in [2.75, 3.05) is 19.6 Å². The molecule has 0 spiro atoms. The lowest BCUT2D eigenvalue weighted by Gasteiger charge is -2.23. The van der Waals surface area contributed by atoms with Crippen molar-refractivity contribution in [2.45, 2.75) is 58.7 Å². The Kier molecular flexibility index (Phi) is 11.3. The maximum Gasteiger partial charge on any atom is 0.335 e. The second-order valence-corrected chi connectivity index (χ2v) is 13.1. The Hall–Kier alpha value is -4.88. The summed E-state index contributed by atoms with van der Waals surface area (Å²) in [5.41, 5.74) is 2.48. The molecule has 0 saturated heterocycles. The van der Waals surface area contributed by atoms with Gasteiger partial charge in [0.25, 0.3) is 11.8 Å². The molecule has 2 aromatic heterocycles. The summed E-state index contributed by atoms with van der Waals surface area (Å²) in [4.78, 5) is 62.5. The van der Waals surface area contributed by atoms with E-state index in [0.29, 0.717) is 49.8 Å². The van der Waals surface area contributed by atoms with E-state index in [0.717, 1.165) is 11.1 Å². The van der Waals surface area contributed by atoms with E-state index < -0.39 is 24.0 Å². The molecular weight excluding hydrogens is 632 g/mol. The van der Waals surface area contributed by atoms with E-state index in [9.17, 15) is 24.3 Å². The summed E-state index contributed by atoms with van der Waals surface area (Å²) < 4.78 is 6.01. The molecule has 5 rings (SSSR count). The topological polar surface area (TPSA) is 167 Å². The molecule has 48 heavy (non-hydrogen) atoms. The molecule has 0 aliphatic carbocycles. The average molecular weight is 673 g/mol. The largest absolute Gasteiger partial charge is 0.478 e. The lowest BCUT2D eigenvalue weighted by molar-refractivity contribution is -0.122. The van der Waals surface area contributed by atoms with E-state index in [1.165, 1.54) is 11.3 Å². The van der Waals surface area contributed by atoms with Crippen molar-refractivity contribution < 1.29 is 28.7 Å². The molecule has 3 heterocycles. The van der Waals surface area contributed by atoms with Crippen molar-refractivity contribution in [3.63, 3.8) is 0 Å². The lowest BCUT2D eigenvalue weighted by atomic mass is 10.0. The van der Waals surface area contributed by atoms with E-state index in [4.69, 9.17) is 4.42 Å². The number of nitrogens with one attached hydrogen (secondary N) is 3. The number of amides is 3. The molecule has 252 valence electrons. The number of benzene rings is 2.